The molecule has 0 aliphatic carbocycles. The summed E-state index contributed by atoms with van der Waals surface area (Å²) < 4.78 is 23.7. The van der Waals surface area contributed by atoms with Crippen molar-refractivity contribution in [1.29, 1.82) is 0 Å². The van der Waals surface area contributed by atoms with Crippen molar-refractivity contribution in [3.63, 3.8) is 0 Å². The van der Waals surface area contributed by atoms with E-state index in [-0.39, 0.29) is 65.7 Å². The number of hydrogen-bond acceptors (Lipinski definition) is 17. The molecule has 7 aromatic rings. The van der Waals surface area contributed by atoms with E-state index in [1.165, 1.54) is 11.1 Å². The van der Waals surface area contributed by atoms with Gasteiger partial charge in [0.25, 0.3) is 5.91 Å². The van der Waals surface area contributed by atoms with Crippen LogP contribution in [-0.4, -0.2) is 144 Å². The number of aliphatic hydroxyl groups is 1. The lowest BCUT2D eigenvalue weighted by Crippen LogP contribution is -2.58. The third kappa shape index (κ3) is 12.0. The molecular weight excluding hydrogens is 1100 g/mol. The van der Waals surface area contributed by atoms with Crippen LogP contribution in [0.5, 0.6) is 11.8 Å². The van der Waals surface area contributed by atoms with E-state index in [0.717, 1.165) is 103 Å². The minimum atomic E-state index is -1.06. The summed E-state index contributed by atoms with van der Waals surface area (Å²) in [5, 5.41) is 37.4. The van der Waals surface area contributed by atoms with Gasteiger partial charge in [0.05, 0.1) is 40.2 Å². The van der Waals surface area contributed by atoms with Gasteiger partial charge in [-0.25, -0.2) is 19.3 Å². The van der Waals surface area contributed by atoms with Crippen molar-refractivity contribution in [2.75, 3.05) is 49.1 Å². The number of fused-ring (bicyclic) bond motifs is 4. The molecule has 12 rings (SSSR count). The van der Waals surface area contributed by atoms with Crippen LogP contribution in [0.15, 0.2) is 78.7 Å². The van der Waals surface area contributed by atoms with E-state index >= 15 is 4.39 Å². The summed E-state index contributed by atoms with van der Waals surface area (Å²) in [4.78, 5) is 78.1. The molecule has 5 aliphatic heterocycles. The number of ether oxygens (including phenoxy) is 1. The number of phenolic OH excluding ortho intramolecular Hbond substituents is 1. The number of carbonyl (C=O) groups excluding carboxylic acids is 3. The number of hydrogen-bond donors (Lipinski definition) is 6. The molecule has 2 bridgehead atoms. The van der Waals surface area contributed by atoms with E-state index in [9.17, 15) is 24.6 Å². The molecule has 21 heteroatoms. The third-order valence-electron chi connectivity index (χ3n) is 18.1. The van der Waals surface area contributed by atoms with Crippen LogP contribution in [0, 0.1) is 24.1 Å². The predicted molar refractivity (Wildman–Crippen MR) is 326 cm³/mol. The number of piperidine rings is 1. The highest BCUT2D eigenvalue weighted by Gasteiger charge is 2.46. The molecule has 0 saturated carbocycles. The van der Waals surface area contributed by atoms with Crippen LogP contribution in [0.1, 0.15) is 119 Å². The number of pyridine rings is 1. The van der Waals surface area contributed by atoms with E-state index in [2.05, 4.69) is 48.0 Å². The first-order valence-electron chi connectivity index (χ1n) is 30.1. The maximum atomic E-state index is 17.3. The molecule has 6 N–H and O–H groups in total. The van der Waals surface area contributed by atoms with Gasteiger partial charge in [0.1, 0.15) is 34.9 Å². The second kappa shape index (κ2) is 24.1. The van der Waals surface area contributed by atoms with Crippen molar-refractivity contribution in [1.82, 2.24) is 56.1 Å². The van der Waals surface area contributed by atoms with E-state index in [1.54, 1.807) is 35.9 Å². The van der Waals surface area contributed by atoms with Gasteiger partial charge in [-0.05, 0) is 123 Å². The summed E-state index contributed by atoms with van der Waals surface area (Å²) in [7, 11) is 0. The normalized spacial score (nSPS) is 23.0. The van der Waals surface area contributed by atoms with Crippen molar-refractivity contribution in [2.24, 2.45) is 11.3 Å². The third-order valence-corrected chi connectivity index (χ3v) is 19.1. The number of amides is 3. The van der Waals surface area contributed by atoms with Gasteiger partial charge in [-0.2, -0.15) is 9.97 Å². The Morgan fingerprint density at radius 2 is 1.72 bits per heavy atom. The number of likely N-dealkylation sites (tertiary alicyclic amines) is 1. The van der Waals surface area contributed by atoms with Crippen molar-refractivity contribution >= 4 is 62.4 Å². The molecule has 446 valence electrons. The maximum Gasteiger partial charge on any atom is 0.319 e. The molecular formula is C64H76FN13O6S. The van der Waals surface area contributed by atoms with Crippen LogP contribution in [0.3, 0.4) is 0 Å². The highest BCUT2D eigenvalue weighted by molar-refractivity contribution is 7.13. The molecule has 3 aromatic carbocycles. The Morgan fingerprint density at radius 1 is 0.929 bits per heavy atom. The fourth-order valence-corrected chi connectivity index (χ4v) is 14.4. The zero-order valence-corrected chi connectivity index (χ0v) is 50.0. The van der Waals surface area contributed by atoms with Gasteiger partial charge in [0.2, 0.25) is 11.8 Å². The van der Waals surface area contributed by atoms with Gasteiger partial charge >= 0.3 is 6.01 Å². The van der Waals surface area contributed by atoms with Crippen LogP contribution in [0.2, 0.25) is 0 Å². The van der Waals surface area contributed by atoms with E-state index in [4.69, 9.17) is 24.7 Å². The number of anilines is 2. The molecule has 19 nitrogen and oxygen atoms in total. The van der Waals surface area contributed by atoms with Crippen molar-refractivity contribution < 1.29 is 33.7 Å². The van der Waals surface area contributed by atoms with E-state index in [0.29, 0.717) is 60.2 Å². The van der Waals surface area contributed by atoms with Crippen molar-refractivity contribution in [2.45, 2.75) is 148 Å². The zero-order valence-electron chi connectivity index (χ0n) is 49.1. The monoisotopic (exact) mass is 1170 g/mol. The highest BCUT2D eigenvalue weighted by atomic mass is 32.1. The number of thiazole rings is 1. The molecule has 5 fully saturated rings. The Kier molecular flexibility index (Phi) is 16.4. The summed E-state index contributed by atoms with van der Waals surface area (Å²) in [6, 6.07) is 15.7. The summed E-state index contributed by atoms with van der Waals surface area (Å²) in [5.41, 5.74) is 5.80. The SMILES string of the molecule is CCc1cccc2cc(O)cc(-c3ncc4c(N5CC6CCC(C5)N6)nc(OCCC5CC(CC6CCN6c6nccnc6C(=O)N[C@H](C(=O)N6C[C@H](O)C[C@H]6C(=O)N[C@@H](C)c6ccc(-c7scnc7C)cc6)C(C)(C)C)CCN5)nc4c3F)c12. The largest absolute Gasteiger partial charge is 0.508 e. The minimum absolute atomic E-state index is 0.0254. The molecule has 5 aliphatic rings. The fraction of sp³-hybridized carbons (Fsp3) is 0.484. The average molecular weight is 1170 g/mol. The number of nitrogens with one attached hydrogen (secondary N) is 4. The van der Waals surface area contributed by atoms with Crippen molar-refractivity contribution in [3.05, 3.63) is 107 Å². The van der Waals surface area contributed by atoms with E-state index < -0.39 is 41.2 Å². The number of aromatic nitrogens is 6. The predicted octanol–water partition coefficient (Wildman–Crippen LogP) is 8.20. The van der Waals surface area contributed by atoms with Crippen LogP contribution >= 0.6 is 11.3 Å². The summed E-state index contributed by atoms with van der Waals surface area (Å²) in [6.07, 6.45) is 11.1. The lowest BCUT2D eigenvalue weighted by molar-refractivity contribution is -0.142. The molecule has 5 saturated heterocycles. The number of benzene rings is 3. The molecule has 4 aromatic heterocycles. The maximum absolute atomic E-state index is 17.3. The second-order valence-corrected chi connectivity index (χ2v) is 25.8. The number of aliphatic hydroxyl groups excluding tert-OH is 1. The second-order valence-electron chi connectivity index (χ2n) is 25.0. The van der Waals surface area contributed by atoms with Crippen LogP contribution in [0.25, 0.3) is 43.4 Å². The number of phenols is 1. The van der Waals surface area contributed by atoms with Gasteiger partial charge in [-0.3, -0.25) is 19.4 Å². The quantitative estimate of drug-likeness (QED) is 0.0504. The van der Waals surface area contributed by atoms with Crippen LogP contribution < -0.4 is 35.8 Å². The number of halogens is 1. The van der Waals surface area contributed by atoms with Gasteiger partial charge in [0.15, 0.2) is 17.3 Å². The summed E-state index contributed by atoms with van der Waals surface area (Å²) in [5.74, 6) is -0.538. The van der Waals surface area contributed by atoms with E-state index in [1.807, 2.05) is 82.6 Å². The average Bonchev–Trinajstić information content (AvgIpc) is 2.02. The first-order chi connectivity index (χ1) is 41.0. The lowest BCUT2D eigenvalue weighted by Gasteiger charge is -2.45. The van der Waals surface area contributed by atoms with Gasteiger partial charge in [-0.15, -0.1) is 11.3 Å². The van der Waals surface area contributed by atoms with Gasteiger partial charge < -0.3 is 50.9 Å². The number of rotatable bonds is 17. The first-order valence-corrected chi connectivity index (χ1v) is 31.0. The number of nitrogens with zero attached hydrogens (tertiary/aromatic N) is 9. The van der Waals surface area contributed by atoms with Gasteiger partial charge in [-0.1, -0.05) is 70.2 Å². The minimum Gasteiger partial charge on any atom is -0.508 e. The van der Waals surface area contributed by atoms with Crippen molar-refractivity contribution in [3.8, 4) is 33.5 Å². The Labute approximate surface area is 498 Å². The number of piperazine rings is 1. The first kappa shape index (κ1) is 57.9. The summed E-state index contributed by atoms with van der Waals surface area (Å²) in [6.45, 7) is 14.7. The smallest absolute Gasteiger partial charge is 0.319 e. The Balaban J connectivity index is 0.695. The Hall–Kier alpha value is -7.46. The Morgan fingerprint density at radius 3 is 2.45 bits per heavy atom. The number of aryl methyl sites for hydroxylation is 2. The molecule has 0 radical (unpaired) electrons. The van der Waals surface area contributed by atoms with Gasteiger partial charge in [0, 0.05) is 80.9 Å². The van der Waals surface area contributed by atoms with Crippen LogP contribution in [0.4, 0.5) is 16.0 Å². The lowest BCUT2D eigenvalue weighted by atomic mass is 9.83. The Bertz CT molecular complexity index is 3630. The molecule has 9 atom stereocenters. The highest BCUT2D eigenvalue weighted by Crippen LogP contribution is 2.40. The molecule has 85 heavy (non-hydrogen) atoms. The number of β-amino-alcohol motifs (C(OH)–C–C–N with tert-alkyl or cyclic N) is 1. The fourth-order valence-electron chi connectivity index (χ4n) is 13.5. The molecule has 9 heterocycles. The zero-order chi connectivity index (χ0) is 59.3. The number of carbonyl (C=O) groups is 3. The molecule has 5 unspecified atom stereocenters. The van der Waals surface area contributed by atoms with Crippen LogP contribution in [-0.2, 0) is 16.0 Å². The standard InChI is InChI=1S/C64H76FN13O6S/c1-7-38-9-8-10-41-27-46(79)28-48(51(38)41)53-52(65)54-49(30-69-53)58(76-31-43-15-16-44(32-76)72-43)75-63(73-54)84-24-19-42-25-37(17-20-66-42)26-45-18-23-77(45)59-55(67-21-22-68-59)61(82)74-57(64(4,5)6)62(83)78-33-47(80)29-50(78)60(81)71-35(2)39-11-13-40(14-12-39)56-36(3)70-34-85-56/h8-14,21-22,27-28,30,34-35,37,42-45,47,50,57,66,72,79-80H,7,15-20,23-26,29,31-33H2,1-6H3,(H,71,81)(H,74,82)/t35-,37?,42?,43?,44?,45?,47+,50-,57+/m0/s1. The molecule has 0 spiro atoms. The number of aromatic hydroxyl groups is 1. The molecule has 3 amide bonds. The topological polar surface area (TPSA) is 236 Å². The summed E-state index contributed by atoms with van der Waals surface area (Å²) >= 11 is 1.57.